The molecule has 1 aliphatic heterocycles. The predicted molar refractivity (Wildman–Crippen MR) is 85.6 cm³/mol. The van der Waals surface area contributed by atoms with Crippen LogP contribution in [0.2, 0.25) is 0 Å². The van der Waals surface area contributed by atoms with E-state index in [1.807, 2.05) is 30.3 Å². The van der Waals surface area contributed by atoms with Gasteiger partial charge in [-0.15, -0.1) is 0 Å². The Balaban J connectivity index is 1.84. The zero-order valence-electron chi connectivity index (χ0n) is 12.3. The van der Waals surface area contributed by atoms with Gasteiger partial charge in [-0.25, -0.2) is 0 Å². The Morgan fingerprint density at radius 1 is 1.23 bits per heavy atom. The van der Waals surface area contributed by atoms with Gasteiger partial charge in [-0.05, 0) is 36.6 Å². The number of rotatable bonds is 3. The lowest BCUT2D eigenvalue weighted by molar-refractivity contribution is 0.0786. The van der Waals surface area contributed by atoms with Crippen molar-refractivity contribution in [2.45, 2.75) is 6.42 Å². The van der Waals surface area contributed by atoms with Gasteiger partial charge in [0.2, 0.25) is 0 Å². The number of benzene rings is 1. The molecule has 1 atom stereocenters. The van der Waals surface area contributed by atoms with Crippen LogP contribution in [0.25, 0.3) is 11.3 Å². The second-order valence-electron chi connectivity index (χ2n) is 5.62. The maximum absolute atomic E-state index is 12.4. The zero-order valence-corrected chi connectivity index (χ0v) is 12.3. The number of carbonyl (C=O) groups excluding carboxylic acids is 1. The van der Waals surface area contributed by atoms with Crippen LogP contribution in [0.15, 0.2) is 47.3 Å². The molecule has 1 fully saturated rings. The minimum absolute atomic E-state index is 0.192. The molecule has 5 nitrogen and oxygen atoms in total. The SMILES string of the molecule is NCC1CCN(C(=O)c2ccc(-c3ccccc3)[nH]c2=O)C1. The minimum Gasteiger partial charge on any atom is -0.338 e. The zero-order chi connectivity index (χ0) is 15.5. The highest BCUT2D eigenvalue weighted by molar-refractivity contribution is 5.94. The van der Waals surface area contributed by atoms with Crippen molar-refractivity contribution in [1.82, 2.24) is 9.88 Å². The van der Waals surface area contributed by atoms with E-state index in [1.54, 1.807) is 17.0 Å². The van der Waals surface area contributed by atoms with Crippen LogP contribution in [-0.4, -0.2) is 35.4 Å². The van der Waals surface area contributed by atoms with Gasteiger partial charge in [0.25, 0.3) is 11.5 Å². The molecule has 2 aromatic rings. The molecule has 0 radical (unpaired) electrons. The van der Waals surface area contributed by atoms with Gasteiger partial charge in [0.05, 0.1) is 0 Å². The summed E-state index contributed by atoms with van der Waals surface area (Å²) in [6.45, 7) is 1.88. The number of carbonyl (C=O) groups is 1. The van der Waals surface area contributed by atoms with Crippen molar-refractivity contribution in [3.05, 3.63) is 58.4 Å². The molecule has 0 spiro atoms. The van der Waals surface area contributed by atoms with Crippen LogP contribution in [-0.2, 0) is 0 Å². The molecule has 1 amide bonds. The first-order valence-corrected chi connectivity index (χ1v) is 7.47. The van der Waals surface area contributed by atoms with Crippen molar-refractivity contribution in [2.75, 3.05) is 19.6 Å². The highest BCUT2D eigenvalue weighted by atomic mass is 16.2. The molecule has 5 heteroatoms. The topological polar surface area (TPSA) is 79.2 Å². The van der Waals surface area contributed by atoms with Crippen LogP contribution in [0.1, 0.15) is 16.8 Å². The van der Waals surface area contributed by atoms with Crippen LogP contribution in [0.5, 0.6) is 0 Å². The van der Waals surface area contributed by atoms with Gasteiger partial charge in [-0.1, -0.05) is 30.3 Å². The lowest BCUT2D eigenvalue weighted by Crippen LogP contribution is -2.33. The maximum atomic E-state index is 12.4. The van der Waals surface area contributed by atoms with Crippen molar-refractivity contribution in [1.29, 1.82) is 0 Å². The largest absolute Gasteiger partial charge is 0.338 e. The van der Waals surface area contributed by atoms with Crippen molar-refractivity contribution in [3.63, 3.8) is 0 Å². The summed E-state index contributed by atoms with van der Waals surface area (Å²) in [5, 5.41) is 0. The second kappa shape index (κ2) is 6.15. The van der Waals surface area contributed by atoms with E-state index in [-0.39, 0.29) is 17.0 Å². The van der Waals surface area contributed by atoms with Crippen molar-refractivity contribution >= 4 is 5.91 Å². The fourth-order valence-electron chi connectivity index (χ4n) is 2.81. The number of amides is 1. The first kappa shape index (κ1) is 14.5. The minimum atomic E-state index is -0.345. The third kappa shape index (κ3) is 2.80. The molecule has 2 heterocycles. The van der Waals surface area contributed by atoms with Crippen LogP contribution in [0.4, 0.5) is 0 Å². The Bertz CT molecular complexity index is 724. The number of aromatic nitrogens is 1. The number of nitrogens with one attached hydrogen (secondary N) is 1. The van der Waals surface area contributed by atoms with Gasteiger partial charge in [0.1, 0.15) is 5.56 Å². The fourth-order valence-corrected chi connectivity index (χ4v) is 2.81. The monoisotopic (exact) mass is 297 g/mol. The van der Waals surface area contributed by atoms with Crippen molar-refractivity contribution in [2.24, 2.45) is 11.7 Å². The number of pyridine rings is 1. The highest BCUT2D eigenvalue weighted by Crippen LogP contribution is 2.18. The molecule has 1 aliphatic rings. The molecular weight excluding hydrogens is 278 g/mol. The summed E-state index contributed by atoms with van der Waals surface area (Å²) in [5.74, 6) is 0.128. The van der Waals surface area contributed by atoms with E-state index >= 15 is 0 Å². The van der Waals surface area contributed by atoms with Crippen LogP contribution < -0.4 is 11.3 Å². The predicted octanol–water partition coefficient (Wildman–Crippen LogP) is 1.46. The molecule has 0 saturated carbocycles. The number of hydrogen-bond donors (Lipinski definition) is 2. The lowest BCUT2D eigenvalue weighted by Gasteiger charge is -2.16. The Hall–Kier alpha value is -2.40. The number of aromatic amines is 1. The van der Waals surface area contributed by atoms with E-state index in [4.69, 9.17) is 5.73 Å². The summed E-state index contributed by atoms with van der Waals surface area (Å²) in [6.07, 6.45) is 0.905. The van der Waals surface area contributed by atoms with E-state index in [2.05, 4.69) is 4.98 Å². The smallest absolute Gasteiger partial charge is 0.261 e. The van der Waals surface area contributed by atoms with Crippen molar-refractivity contribution < 1.29 is 4.79 Å². The average Bonchev–Trinajstić information content (AvgIpc) is 3.04. The summed E-state index contributed by atoms with van der Waals surface area (Å²) in [7, 11) is 0. The summed E-state index contributed by atoms with van der Waals surface area (Å²) >= 11 is 0. The van der Waals surface area contributed by atoms with E-state index in [1.165, 1.54) is 0 Å². The normalized spacial score (nSPS) is 17.7. The van der Waals surface area contributed by atoms with E-state index < -0.39 is 0 Å². The number of likely N-dealkylation sites (tertiary alicyclic amines) is 1. The Kier molecular flexibility index (Phi) is 4.06. The van der Waals surface area contributed by atoms with Crippen LogP contribution in [0.3, 0.4) is 0 Å². The Morgan fingerprint density at radius 2 is 2.00 bits per heavy atom. The first-order chi connectivity index (χ1) is 10.7. The van der Waals surface area contributed by atoms with Gasteiger partial charge in [-0.2, -0.15) is 0 Å². The third-order valence-electron chi connectivity index (χ3n) is 4.13. The number of nitrogens with zero attached hydrogens (tertiary/aromatic N) is 1. The second-order valence-corrected chi connectivity index (χ2v) is 5.62. The molecule has 1 aromatic heterocycles. The highest BCUT2D eigenvalue weighted by Gasteiger charge is 2.27. The standard InChI is InChI=1S/C17H19N3O2/c18-10-12-8-9-20(11-12)17(22)14-6-7-15(19-16(14)21)13-4-2-1-3-5-13/h1-7,12H,8-11,18H2,(H,19,21). The fraction of sp³-hybridized carbons (Fsp3) is 0.294. The summed E-state index contributed by atoms with van der Waals surface area (Å²) in [6, 6.07) is 13.0. The van der Waals surface area contributed by atoms with Crippen LogP contribution >= 0.6 is 0 Å². The molecule has 3 N–H and O–H groups in total. The van der Waals surface area contributed by atoms with Gasteiger partial charge in [0.15, 0.2) is 0 Å². The summed E-state index contributed by atoms with van der Waals surface area (Å²) < 4.78 is 0. The number of H-pyrrole nitrogens is 1. The van der Waals surface area contributed by atoms with Gasteiger partial charge in [0, 0.05) is 18.8 Å². The molecule has 1 aromatic carbocycles. The lowest BCUT2D eigenvalue weighted by atomic mass is 10.1. The molecule has 3 rings (SSSR count). The van der Waals surface area contributed by atoms with Crippen molar-refractivity contribution in [3.8, 4) is 11.3 Å². The molecule has 114 valence electrons. The number of hydrogen-bond acceptors (Lipinski definition) is 3. The van der Waals surface area contributed by atoms with Gasteiger partial charge < -0.3 is 15.6 Å². The number of nitrogens with two attached hydrogens (primary N) is 1. The molecule has 0 aliphatic carbocycles. The molecular formula is C17H19N3O2. The summed E-state index contributed by atoms with van der Waals surface area (Å²) in [4.78, 5) is 29.2. The Morgan fingerprint density at radius 3 is 2.64 bits per heavy atom. The maximum Gasteiger partial charge on any atom is 0.261 e. The quantitative estimate of drug-likeness (QED) is 0.900. The third-order valence-corrected chi connectivity index (χ3v) is 4.13. The van der Waals surface area contributed by atoms with E-state index in [0.29, 0.717) is 31.2 Å². The Labute approximate surface area is 128 Å². The van der Waals surface area contributed by atoms with E-state index in [0.717, 1.165) is 12.0 Å². The first-order valence-electron chi connectivity index (χ1n) is 7.47. The van der Waals surface area contributed by atoms with Gasteiger partial charge >= 0.3 is 0 Å². The molecule has 1 unspecified atom stereocenters. The average molecular weight is 297 g/mol. The van der Waals surface area contributed by atoms with Crippen LogP contribution in [0, 0.1) is 5.92 Å². The van der Waals surface area contributed by atoms with E-state index in [9.17, 15) is 9.59 Å². The molecule has 0 bridgehead atoms. The molecule has 22 heavy (non-hydrogen) atoms. The summed E-state index contributed by atoms with van der Waals surface area (Å²) in [5.41, 5.74) is 7.12. The molecule has 1 saturated heterocycles. The van der Waals surface area contributed by atoms with Gasteiger partial charge in [-0.3, -0.25) is 9.59 Å².